The standard InChI is InChI=1S/C8H9N3/c1-2-4-7(5-3-1)10-11-8-6-9-8/h1-5,8-9H,6H2. The fourth-order valence-electron chi connectivity index (χ4n) is 0.765. The minimum Gasteiger partial charge on any atom is -0.290 e. The largest absolute Gasteiger partial charge is 0.290 e. The molecule has 1 saturated heterocycles. The van der Waals surface area contributed by atoms with Crippen LogP contribution >= 0.6 is 0 Å². The van der Waals surface area contributed by atoms with Gasteiger partial charge in [-0.2, -0.15) is 10.2 Å². The Hall–Kier alpha value is -1.22. The van der Waals surface area contributed by atoms with Gasteiger partial charge in [-0.25, -0.2) is 0 Å². The van der Waals surface area contributed by atoms with Gasteiger partial charge in [0.15, 0.2) is 0 Å². The Morgan fingerprint density at radius 2 is 2.00 bits per heavy atom. The molecule has 1 N–H and O–H groups in total. The van der Waals surface area contributed by atoms with Crippen LogP contribution in [0.2, 0.25) is 0 Å². The summed E-state index contributed by atoms with van der Waals surface area (Å²) in [5.41, 5.74) is 0.918. The first-order valence-corrected chi connectivity index (χ1v) is 3.64. The van der Waals surface area contributed by atoms with Crippen LogP contribution in [0.3, 0.4) is 0 Å². The van der Waals surface area contributed by atoms with Crippen molar-refractivity contribution in [3.8, 4) is 0 Å². The van der Waals surface area contributed by atoms with Gasteiger partial charge in [0.1, 0.15) is 6.17 Å². The lowest BCUT2D eigenvalue weighted by Crippen LogP contribution is -1.79. The van der Waals surface area contributed by atoms with E-state index in [1.807, 2.05) is 30.3 Å². The van der Waals surface area contributed by atoms with Crippen LogP contribution < -0.4 is 5.32 Å². The van der Waals surface area contributed by atoms with E-state index in [9.17, 15) is 0 Å². The third kappa shape index (κ3) is 1.85. The highest BCUT2D eigenvalue weighted by Gasteiger charge is 2.18. The van der Waals surface area contributed by atoms with E-state index < -0.39 is 0 Å². The molecule has 0 radical (unpaired) electrons. The number of nitrogens with one attached hydrogen (secondary N) is 1. The van der Waals surface area contributed by atoms with Gasteiger partial charge in [0.05, 0.1) is 5.69 Å². The van der Waals surface area contributed by atoms with E-state index in [-0.39, 0.29) is 6.17 Å². The van der Waals surface area contributed by atoms with Crippen LogP contribution in [0.25, 0.3) is 0 Å². The maximum Gasteiger partial charge on any atom is 0.134 e. The number of benzene rings is 1. The molecule has 0 amide bonds. The molecular formula is C8H9N3. The van der Waals surface area contributed by atoms with Gasteiger partial charge in [-0.15, -0.1) is 0 Å². The Morgan fingerprint density at radius 3 is 2.64 bits per heavy atom. The second-order valence-electron chi connectivity index (χ2n) is 2.48. The number of rotatable bonds is 2. The van der Waals surface area contributed by atoms with Gasteiger partial charge in [0.2, 0.25) is 0 Å². The summed E-state index contributed by atoms with van der Waals surface area (Å²) in [5.74, 6) is 0. The summed E-state index contributed by atoms with van der Waals surface area (Å²) in [4.78, 5) is 0. The van der Waals surface area contributed by atoms with E-state index in [1.165, 1.54) is 0 Å². The second-order valence-corrected chi connectivity index (χ2v) is 2.48. The van der Waals surface area contributed by atoms with E-state index in [0.29, 0.717) is 0 Å². The molecule has 1 aromatic carbocycles. The first kappa shape index (κ1) is 6.49. The Kier molecular flexibility index (Phi) is 1.65. The van der Waals surface area contributed by atoms with E-state index in [2.05, 4.69) is 15.5 Å². The van der Waals surface area contributed by atoms with Crippen molar-refractivity contribution in [1.82, 2.24) is 5.32 Å². The lowest BCUT2D eigenvalue weighted by Gasteiger charge is -1.87. The Bertz CT molecular complexity index is 251. The highest BCUT2D eigenvalue weighted by Crippen LogP contribution is 2.12. The Morgan fingerprint density at radius 1 is 1.27 bits per heavy atom. The highest BCUT2D eigenvalue weighted by atomic mass is 15.3. The number of azo groups is 1. The van der Waals surface area contributed by atoms with Crippen molar-refractivity contribution in [2.75, 3.05) is 6.54 Å². The van der Waals surface area contributed by atoms with Crippen LogP contribution in [0.15, 0.2) is 40.6 Å². The average molecular weight is 147 g/mol. The molecule has 3 nitrogen and oxygen atoms in total. The monoisotopic (exact) mass is 147 g/mol. The lowest BCUT2D eigenvalue weighted by molar-refractivity contribution is 0.931. The summed E-state index contributed by atoms with van der Waals surface area (Å²) in [6.07, 6.45) is 0.273. The first-order valence-electron chi connectivity index (χ1n) is 3.64. The molecule has 0 aliphatic carbocycles. The average Bonchev–Trinajstić information content (AvgIpc) is 2.86. The summed E-state index contributed by atoms with van der Waals surface area (Å²) in [5, 5.41) is 11.1. The number of nitrogens with zero attached hydrogens (tertiary/aromatic N) is 2. The van der Waals surface area contributed by atoms with Crippen LogP contribution in [-0.2, 0) is 0 Å². The molecule has 2 rings (SSSR count). The third-order valence-corrected chi connectivity index (χ3v) is 1.46. The van der Waals surface area contributed by atoms with Crippen LogP contribution in [0.4, 0.5) is 5.69 Å². The molecule has 0 bridgehead atoms. The number of hydrogen-bond donors (Lipinski definition) is 1. The summed E-state index contributed by atoms with van der Waals surface area (Å²) in [7, 11) is 0. The van der Waals surface area contributed by atoms with Crippen molar-refractivity contribution >= 4 is 5.69 Å². The van der Waals surface area contributed by atoms with Crippen molar-refractivity contribution in [2.24, 2.45) is 10.2 Å². The van der Waals surface area contributed by atoms with E-state index >= 15 is 0 Å². The van der Waals surface area contributed by atoms with Crippen LogP contribution in [0, 0.1) is 0 Å². The highest BCUT2D eigenvalue weighted by molar-refractivity contribution is 5.34. The molecule has 0 saturated carbocycles. The van der Waals surface area contributed by atoms with Gasteiger partial charge in [-0.1, -0.05) is 18.2 Å². The van der Waals surface area contributed by atoms with Crippen LogP contribution in [0.1, 0.15) is 0 Å². The van der Waals surface area contributed by atoms with E-state index in [4.69, 9.17) is 0 Å². The molecule has 3 heteroatoms. The molecule has 1 unspecified atom stereocenters. The molecule has 1 aromatic rings. The quantitative estimate of drug-likeness (QED) is 0.502. The zero-order valence-corrected chi connectivity index (χ0v) is 6.07. The first-order chi connectivity index (χ1) is 5.45. The maximum atomic E-state index is 4.03. The second kappa shape index (κ2) is 2.80. The lowest BCUT2D eigenvalue weighted by atomic mass is 10.3. The molecule has 1 aliphatic rings. The van der Waals surface area contributed by atoms with Gasteiger partial charge in [-0.05, 0) is 12.1 Å². The molecule has 1 heterocycles. The van der Waals surface area contributed by atoms with Gasteiger partial charge in [-0.3, -0.25) is 5.32 Å². The zero-order chi connectivity index (χ0) is 7.52. The van der Waals surface area contributed by atoms with Gasteiger partial charge < -0.3 is 0 Å². The van der Waals surface area contributed by atoms with Crippen molar-refractivity contribution in [3.05, 3.63) is 30.3 Å². The fourth-order valence-corrected chi connectivity index (χ4v) is 0.765. The van der Waals surface area contributed by atoms with Crippen molar-refractivity contribution in [1.29, 1.82) is 0 Å². The van der Waals surface area contributed by atoms with Crippen molar-refractivity contribution in [3.63, 3.8) is 0 Å². The fraction of sp³-hybridized carbons (Fsp3) is 0.250. The molecule has 1 atom stereocenters. The minimum atomic E-state index is 0.273. The third-order valence-electron chi connectivity index (χ3n) is 1.46. The molecule has 1 aliphatic heterocycles. The summed E-state index contributed by atoms with van der Waals surface area (Å²) in [6, 6.07) is 9.75. The maximum absolute atomic E-state index is 4.03. The minimum absolute atomic E-state index is 0.273. The summed E-state index contributed by atoms with van der Waals surface area (Å²) >= 11 is 0. The molecule has 56 valence electrons. The van der Waals surface area contributed by atoms with E-state index in [1.54, 1.807) is 0 Å². The smallest absolute Gasteiger partial charge is 0.134 e. The Balaban J connectivity index is 2.05. The molecule has 1 fully saturated rings. The molecule has 11 heavy (non-hydrogen) atoms. The number of hydrogen-bond acceptors (Lipinski definition) is 3. The normalized spacial score (nSPS) is 22.4. The molecule has 0 aromatic heterocycles. The van der Waals surface area contributed by atoms with E-state index in [0.717, 1.165) is 12.2 Å². The SMILES string of the molecule is c1ccc(N=NC2CN2)cc1. The van der Waals surface area contributed by atoms with Crippen LogP contribution in [0.5, 0.6) is 0 Å². The van der Waals surface area contributed by atoms with Crippen molar-refractivity contribution < 1.29 is 0 Å². The topological polar surface area (TPSA) is 46.7 Å². The zero-order valence-electron chi connectivity index (χ0n) is 6.07. The van der Waals surface area contributed by atoms with Gasteiger partial charge >= 0.3 is 0 Å². The van der Waals surface area contributed by atoms with Gasteiger partial charge in [0, 0.05) is 6.54 Å². The molecule has 0 spiro atoms. The predicted molar refractivity (Wildman–Crippen MR) is 42.7 cm³/mol. The van der Waals surface area contributed by atoms with Gasteiger partial charge in [0.25, 0.3) is 0 Å². The molecular weight excluding hydrogens is 138 g/mol. The summed E-state index contributed by atoms with van der Waals surface area (Å²) in [6.45, 7) is 0.969. The predicted octanol–water partition coefficient (Wildman–Crippen LogP) is 1.70. The summed E-state index contributed by atoms with van der Waals surface area (Å²) < 4.78 is 0. The Labute approximate surface area is 65.2 Å². The van der Waals surface area contributed by atoms with Crippen molar-refractivity contribution in [2.45, 2.75) is 6.17 Å². The van der Waals surface area contributed by atoms with Crippen LogP contribution in [-0.4, -0.2) is 12.7 Å².